The Morgan fingerprint density at radius 2 is 0.864 bits per heavy atom. The summed E-state index contributed by atoms with van der Waals surface area (Å²) >= 11 is 0. The summed E-state index contributed by atoms with van der Waals surface area (Å²) in [5.41, 5.74) is 18.4. The second-order valence-corrected chi connectivity index (χ2v) is 5.61. The highest BCUT2D eigenvalue weighted by Crippen LogP contribution is 2.19. The van der Waals surface area contributed by atoms with Gasteiger partial charge in [-0.1, -0.05) is 48.5 Å². The molecule has 4 N–H and O–H groups in total. The van der Waals surface area contributed by atoms with E-state index in [0.717, 1.165) is 24.2 Å². The Labute approximate surface area is 131 Å². The SMILES string of the molecule is Nc1ccc(Cc2ccccc2Cc2ccc(N)cc2)cc1. The van der Waals surface area contributed by atoms with Crippen LogP contribution < -0.4 is 11.5 Å². The lowest BCUT2D eigenvalue weighted by Gasteiger charge is -2.10. The topological polar surface area (TPSA) is 52.0 Å². The van der Waals surface area contributed by atoms with Gasteiger partial charge in [-0.05, 0) is 59.4 Å². The second-order valence-electron chi connectivity index (χ2n) is 5.61. The molecular weight excluding hydrogens is 268 g/mol. The molecule has 3 rings (SSSR count). The maximum atomic E-state index is 5.75. The van der Waals surface area contributed by atoms with Gasteiger partial charge in [0.2, 0.25) is 0 Å². The Balaban J connectivity index is 1.83. The summed E-state index contributed by atoms with van der Waals surface area (Å²) in [4.78, 5) is 0. The van der Waals surface area contributed by atoms with Crippen molar-refractivity contribution >= 4 is 11.4 Å². The van der Waals surface area contributed by atoms with E-state index < -0.39 is 0 Å². The molecule has 0 radical (unpaired) electrons. The van der Waals surface area contributed by atoms with Gasteiger partial charge < -0.3 is 11.5 Å². The van der Waals surface area contributed by atoms with E-state index in [2.05, 4.69) is 48.5 Å². The third kappa shape index (κ3) is 3.47. The molecule has 0 saturated carbocycles. The molecule has 0 spiro atoms. The smallest absolute Gasteiger partial charge is 0.0314 e. The molecule has 2 nitrogen and oxygen atoms in total. The molecule has 0 saturated heterocycles. The van der Waals surface area contributed by atoms with Crippen LogP contribution in [0.15, 0.2) is 72.8 Å². The summed E-state index contributed by atoms with van der Waals surface area (Å²) in [6.45, 7) is 0. The number of hydrogen-bond acceptors (Lipinski definition) is 2. The van der Waals surface area contributed by atoms with Crippen molar-refractivity contribution in [3.63, 3.8) is 0 Å². The van der Waals surface area contributed by atoms with Crippen LogP contribution in [0.1, 0.15) is 22.3 Å². The number of nitrogens with two attached hydrogens (primary N) is 2. The van der Waals surface area contributed by atoms with Crippen molar-refractivity contribution in [1.82, 2.24) is 0 Å². The minimum absolute atomic E-state index is 0.805. The quantitative estimate of drug-likeness (QED) is 0.712. The van der Waals surface area contributed by atoms with Gasteiger partial charge in [0, 0.05) is 11.4 Å². The standard InChI is InChI=1S/C20H20N2/c21-19-9-5-15(6-10-19)13-17-3-1-2-4-18(17)14-16-7-11-20(22)12-8-16/h1-12H,13-14,21-22H2. The average molecular weight is 288 g/mol. The molecule has 0 aliphatic rings. The van der Waals surface area contributed by atoms with Crippen LogP contribution in [0.25, 0.3) is 0 Å². The summed E-state index contributed by atoms with van der Waals surface area (Å²) in [5, 5.41) is 0. The molecule has 22 heavy (non-hydrogen) atoms. The zero-order valence-electron chi connectivity index (χ0n) is 12.5. The fourth-order valence-corrected chi connectivity index (χ4v) is 2.61. The molecule has 0 heterocycles. The van der Waals surface area contributed by atoms with Crippen molar-refractivity contribution in [3.05, 3.63) is 95.1 Å². The first-order valence-electron chi connectivity index (χ1n) is 7.46. The monoisotopic (exact) mass is 288 g/mol. The normalized spacial score (nSPS) is 10.5. The molecule has 3 aromatic carbocycles. The molecule has 0 bridgehead atoms. The van der Waals surface area contributed by atoms with E-state index in [4.69, 9.17) is 11.5 Å². The van der Waals surface area contributed by atoms with Crippen LogP contribution in [0.5, 0.6) is 0 Å². The lowest BCUT2D eigenvalue weighted by Crippen LogP contribution is -1.97. The van der Waals surface area contributed by atoms with Crippen LogP contribution in [0.3, 0.4) is 0 Å². The zero-order valence-corrected chi connectivity index (χ0v) is 12.5. The third-order valence-corrected chi connectivity index (χ3v) is 3.87. The Kier molecular flexibility index (Phi) is 4.10. The van der Waals surface area contributed by atoms with Crippen molar-refractivity contribution < 1.29 is 0 Å². The molecule has 0 aromatic heterocycles. The van der Waals surface area contributed by atoms with E-state index in [0.29, 0.717) is 0 Å². The minimum Gasteiger partial charge on any atom is -0.399 e. The molecule has 0 amide bonds. The Bertz CT molecular complexity index is 677. The Hall–Kier alpha value is -2.74. The van der Waals surface area contributed by atoms with E-state index >= 15 is 0 Å². The summed E-state index contributed by atoms with van der Waals surface area (Å²) < 4.78 is 0. The maximum absolute atomic E-state index is 5.75. The van der Waals surface area contributed by atoms with Gasteiger partial charge in [0.25, 0.3) is 0 Å². The minimum atomic E-state index is 0.805. The van der Waals surface area contributed by atoms with E-state index in [1.807, 2.05) is 24.3 Å². The second kappa shape index (κ2) is 6.35. The summed E-state index contributed by atoms with van der Waals surface area (Å²) in [6, 6.07) is 24.8. The van der Waals surface area contributed by atoms with E-state index in [1.54, 1.807) is 0 Å². The number of benzene rings is 3. The largest absolute Gasteiger partial charge is 0.399 e. The van der Waals surface area contributed by atoms with Gasteiger partial charge in [-0.25, -0.2) is 0 Å². The molecule has 0 unspecified atom stereocenters. The van der Waals surface area contributed by atoms with Gasteiger partial charge in [-0.15, -0.1) is 0 Å². The average Bonchev–Trinajstić information content (AvgIpc) is 2.54. The molecular formula is C20H20N2. The molecule has 0 fully saturated rings. The van der Waals surface area contributed by atoms with Gasteiger partial charge in [0.1, 0.15) is 0 Å². The Morgan fingerprint density at radius 1 is 0.500 bits per heavy atom. The van der Waals surface area contributed by atoms with E-state index in [1.165, 1.54) is 22.3 Å². The van der Waals surface area contributed by atoms with Crippen molar-refractivity contribution in [2.24, 2.45) is 0 Å². The molecule has 110 valence electrons. The maximum Gasteiger partial charge on any atom is 0.0314 e. The molecule has 0 aliphatic heterocycles. The first-order valence-corrected chi connectivity index (χ1v) is 7.46. The lowest BCUT2D eigenvalue weighted by atomic mass is 9.95. The fraction of sp³-hybridized carbons (Fsp3) is 0.100. The van der Waals surface area contributed by atoms with Crippen LogP contribution in [-0.4, -0.2) is 0 Å². The van der Waals surface area contributed by atoms with Crippen molar-refractivity contribution in [3.8, 4) is 0 Å². The van der Waals surface area contributed by atoms with Crippen molar-refractivity contribution in [2.75, 3.05) is 11.5 Å². The predicted octanol–water partition coefficient (Wildman–Crippen LogP) is 4.03. The summed E-state index contributed by atoms with van der Waals surface area (Å²) in [7, 11) is 0. The van der Waals surface area contributed by atoms with Gasteiger partial charge in [0.15, 0.2) is 0 Å². The van der Waals surface area contributed by atoms with Gasteiger partial charge in [-0.2, -0.15) is 0 Å². The van der Waals surface area contributed by atoms with Crippen LogP contribution in [0.4, 0.5) is 11.4 Å². The van der Waals surface area contributed by atoms with Gasteiger partial charge >= 0.3 is 0 Å². The number of rotatable bonds is 4. The van der Waals surface area contributed by atoms with Crippen LogP contribution in [0.2, 0.25) is 0 Å². The van der Waals surface area contributed by atoms with Gasteiger partial charge in [0.05, 0.1) is 0 Å². The van der Waals surface area contributed by atoms with E-state index in [9.17, 15) is 0 Å². The molecule has 0 atom stereocenters. The first-order chi connectivity index (χ1) is 10.7. The molecule has 2 heteroatoms. The van der Waals surface area contributed by atoms with Gasteiger partial charge in [-0.3, -0.25) is 0 Å². The zero-order chi connectivity index (χ0) is 15.4. The third-order valence-electron chi connectivity index (χ3n) is 3.87. The summed E-state index contributed by atoms with van der Waals surface area (Å²) in [6.07, 6.45) is 1.84. The summed E-state index contributed by atoms with van der Waals surface area (Å²) in [5.74, 6) is 0. The van der Waals surface area contributed by atoms with Crippen molar-refractivity contribution in [2.45, 2.75) is 12.8 Å². The number of anilines is 2. The highest BCUT2D eigenvalue weighted by Gasteiger charge is 2.04. The fourth-order valence-electron chi connectivity index (χ4n) is 2.61. The first kappa shape index (κ1) is 14.2. The van der Waals surface area contributed by atoms with Crippen LogP contribution in [0, 0.1) is 0 Å². The van der Waals surface area contributed by atoms with Crippen LogP contribution >= 0.6 is 0 Å². The number of hydrogen-bond donors (Lipinski definition) is 2. The highest BCUT2D eigenvalue weighted by molar-refractivity contribution is 5.44. The van der Waals surface area contributed by atoms with E-state index in [-0.39, 0.29) is 0 Å². The molecule has 0 aliphatic carbocycles. The highest BCUT2D eigenvalue weighted by atomic mass is 14.5. The predicted molar refractivity (Wildman–Crippen MR) is 93.8 cm³/mol. The molecule has 3 aromatic rings. The van der Waals surface area contributed by atoms with Crippen molar-refractivity contribution in [1.29, 1.82) is 0 Å². The number of nitrogen functional groups attached to an aromatic ring is 2. The van der Waals surface area contributed by atoms with Crippen LogP contribution in [-0.2, 0) is 12.8 Å². The Morgan fingerprint density at radius 3 is 1.23 bits per heavy atom. The lowest BCUT2D eigenvalue weighted by molar-refractivity contribution is 1.09.